The van der Waals surface area contributed by atoms with E-state index in [2.05, 4.69) is 15.9 Å². The van der Waals surface area contributed by atoms with E-state index >= 15 is 0 Å². The lowest BCUT2D eigenvalue weighted by atomic mass is 9.71. The standard InChI is InChI=1S/C20H17BrN2O3/c1-22-10-13-17(12-9-11(21)7-8-16(12)26-18(13)24)20(22)14-5-3-4-6-15(14)23(2)19(20)25/h3-9,13,17H,10H2,1-2H3/t13-,17-,20+/m1/s1. The molecule has 2 aromatic rings. The van der Waals surface area contributed by atoms with Crippen molar-refractivity contribution in [3.05, 3.63) is 58.1 Å². The second-order valence-corrected chi connectivity index (χ2v) is 8.13. The maximum atomic E-state index is 13.6. The van der Waals surface area contributed by atoms with Crippen molar-refractivity contribution in [2.24, 2.45) is 5.92 Å². The number of rotatable bonds is 0. The number of likely N-dealkylation sites (tertiary alicyclic amines) is 1. The fourth-order valence-corrected chi connectivity index (χ4v) is 5.38. The Bertz CT molecular complexity index is 975. The quantitative estimate of drug-likeness (QED) is 0.493. The van der Waals surface area contributed by atoms with Crippen LogP contribution in [-0.2, 0) is 15.1 Å². The second kappa shape index (κ2) is 5.18. The van der Waals surface area contributed by atoms with Crippen molar-refractivity contribution in [1.29, 1.82) is 0 Å². The molecule has 2 aromatic carbocycles. The molecule has 0 aromatic heterocycles. The van der Waals surface area contributed by atoms with Gasteiger partial charge in [0.1, 0.15) is 11.3 Å². The highest BCUT2D eigenvalue weighted by Gasteiger charge is 2.66. The van der Waals surface area contributed by atoms with Crippen LogP contribution >= 0.6 is 15.9 Å². The van der Waals surface area contributed by atoms with Crippen LogP contribution in [0.5, 0.6) is 5.75 Å². The molecule has 0 bridgehead atoms. The Hall–Kier alpha value is -2.18. The van der Waals surface area contributed by atoms with Gasteiger partial charge in [-0.2, -0.15) is 0 Å². The van der Waals surface area contributed by atoms with Crippen molar-refractivity contribution < 1.29 is 14.3 Å². The fourth-order valence-electron chi connectivity index (χ4n) is 5.00. The molecule has 3 atom stereocenters. The van der Waals surface area contributed by atoms with Crippen molar-refractivity contribution in [1.82, 2.24) is 4.90 Å². The largest absolute Gasteiger partial charge is 0.426 e. The number of anilines is 1. The summed E-state index contributed by atoms with van der Waals surface area (Å²) in [5, 5.41) is 0. The first-order chi connectivity index (χ1) is 12.5. The zero-order valence-corrected chi connectivity index (χ0v) is 16.0. The Morgan fingerprint density at radius 1 is 1.15 bits per heavy atom. The first-order valence-electron chi connectivity index (χ1n) is 8.56. The summed E-state index contributed by atoms with van der Waals surface area (Å²) in [6, 6.07) is 13.5. The van der Waals surface area contributed by atoms with Gasteiger partial charge < -0.3 is 9.64 Å². The molecule has 1 spiro atoms. The number of carbonyl (C=O) groups excluding carboxylic acids is 2. The molecule has 3 aliphatic heterocycles. The van der Waals surface area contributed by atoms with Gasteiger partial charge in [0, 0.05) is 40.8 Å². The molecule has 3 aliphatic rings. The van der Waals surface area contributed by atoms with E-state index in [1.165, 1.54) is 0 Å². The van der Waals surface area contributed by atoms with Crippen LogP contribution in [0.25, 0.3) is 0 Å². The zero-order chi connectivity index (χ0) is 18.2. The predicted molar refractivity (Wildman–Crippen MR) is 100 cm³/mol. The summed E-state index contributed by atoms with van der Waals surface area (Å²) in [6.45, 7) is 0.489. The van der Waals surface area contributed by atoms with E-state index in [1.54, 1.807) is 18.0 Å². The smallest absolute Gasteiger partial charge is 0.316 e. The number of halogens is 1. The molecule has 0 N–H and O–H groups in total. The number of carbonyl (C=O) groups is 2. The summed E-state index contributed by atoms with van der Waals surface area (Å²) in [5.41, 5.74) is 1.89. The average Bonchev–Trinajstić information content (AvgIpc) is 3.06. The highest BCUT2D eigenvalue weighted by atomic mass is 79.9. The Labute approximate surface area is 159 Å². The lowest BCUT2D eigenvalue weighted by Crippen LogP contribution is -2.50. The van der Waals surface area contributed by atoms with E-state index in [-0.39, 0.29) is 23.7 Å². The molecular formula is C20H17BrN2O3. The van der Waals surface area contributed by atoms with Gasteiger partial charge in [-0.3, -0.25) is 14.5 Å². The van der Waals surface area contributed by atoms with E-state index in [4.69, 9.17) is 4.74 Å². The van der Waals surface area contributed by atoms with Crippen molar-refractivity contribution in [2.75, 3.05) is 25.5 Å². The molecule has 1 amide bonds. The Morgan fingerprint density at radius 3 is 2.73 bits per heavy atom. The van der Waals surface area contributed by atoms with Gasteiger partial charge in [-0.05, 0) is 31.3 Å². The normalized spacial score (nSPS) is 29.6. The van der Waals surface area contributed by atoms with Crippen molar-refractivity contribution in [2.45, 2.75) is 11.5 Å². The highest BCUT2D eigenvalue weighted by Crippen LogP contribution is 2.60. The third kappa shape index (κ3) is 1.74. The second-order valence-electron chi connectivity index (χ2n) is 7.22. The van der Waals surface area contributed by atoms with Crippen molar-refractivity contribution in [3.63, 3.8) is 0 Å². The topological polar surface area (TPSA) is 49.9 Å². The number of para-hydroxylation sites is 1. The van der Waals surface area contributed by atoms with Crippen LogP contribution in [0.4, 0.5) is 5.69 Å². The molecule has 6 heteroatoms. The molecular weight excluding hydrogens is 396 g/mol. The highest BCUT2D eigenvalue weighted by molar-refractivity contribution is 9.10. The lowest BCUT2D eigenvalue weighted by molar-refractivity contribution is -0.140. The van der Waals surface area contributed by atoms with E-state index in [1.807, 2.05) is 48.3 Å². The van der Waals surface area contributed by atoms with Crippen LogP contribution in [0.1, 0.15) is 17.0 Å². The molecule has 26 heavy (non-hydrogen) atoms. The van der Waals surface area contributed by atoms with Gasteiger partial charge in [0.05, 0.1) is 5.92 Å². The minimum atomic E-state index is -0.884. The van der Waals surface area contributed by atoms with Crippen LogP contribution in [-0.4, -0.2) is 37.4 Å². The number of hydrogen-bond donors (Lipinski definition) is 0. The van der Waals surface area contributed by atoms with Crippen LogP contribution < -0.4 is 9.64 Å². The average molecular weight is 413 g/mol. The number of nitrogens with zero attached hydrogens (tertiary/aromatic N) is 2. The van der Waals surface area contributed by atoms with Gasteiger partial charge in [-0.15, -0.1) is 0 Å². The van der Waals surface area contributed by atoms with Crippen LogP contribution in [0.15, 0.2) is 46.9 Å². The SMILES string of the molecule is CN1C(=O)[C@]2(c3ccccc31)[C@@H]1c3cc(Br)ccc3OC(=O)[C@@H]1CN2C. The number of hydrogen-bond acceptors (Lipinski definition) is 4. The van der Waals surface area contributed by atoms with Crippen LogP contribution in [0.2, 0.25) is 0 Å². The number of amides is 1. The summed E-state index contributed by atoms with van der Waals surface area (Å²) in [4.78, 5) is 30.0. The summed E-state index contributed by atoms with van der Waals surface area (Å²) in [6.07, 6.45) is 0. The van der Waals surface area contributed by atoms with E-state index in [0.29, 0.717) is 12.3 Å². The first-order valence-corrected chi connectivity index (χ1v) is 9.35. The summed E-state index contributed by atoms with van der Waals surface area (Å²) in [7, 11) is 3.73. The monoisotopic (exact) mass is 412 g/mol. The third-order valence-corrected chi connectivity index (χ3v) is 6.55. The molecule has 5 rings (SSSR count). The Kier molecular flexibility index (Phi) is 3.19. The Morgan fingerprint density at radius 2 is 1.92 bits per heavy atom. The molecule has 3 heterocycles. The molecule has 0 radical (unpaired) electrons. The number of esters is 1. The molecule has 5 nitrogen and oxygen atoms in total. The Balaban J connectivity index is 1.83. The van der Waals surface area contributed by atoms with Crippen LogP contribution in [0.3, 0.4) is 0 Å². The van der Waals surface area contributed by atoms with Gasteiger partial charge in [0.25, 0.3) is 5.91 Å². The number of likely N-dealkylation sites (N-methyl/N-ethyl adjacent to an activating group) is 2. The summed E-state index contributed by atoms with van der Waals surface area (Å²) < 4.78 is 6.50. The predicted octanol–water partition coefficient (Wildman–Crippen LogP) is 2.89. The molecule has 132 valence electrons. The van der Waals surface area contributed by atoms with Crippen molar-refractivity contribution >= 4 is 33.5 Å². The number of benzene rings is 2. The van der Waals surface area contributed by atoms with Crippen molar-refractivity contribution in [3.8, 4) is 5.75 Å². The lowest BCUT2D eigenvalue weighted by Gasteiger charge is -2.38. The minimum Gasteiger partial charge on any atom is -0.426 e. The van der Waals surface area contributed by atoms with Gasteiger partial charge in [0.2, 0.25) is 0 Å². The fraction of sp³-hybridized carbons (Fsp3) is 0.300. The summed E-state index contributed by atoms with van der Waals surface area (Å²) >= 11 is 3.52. The summed E-state index contributed by atoms with van der Waals surface area (Å²) in [5.74, 6) is -0.346. The number of fused-ring (bicyclic) bond motifs is 6. The number of ether oxygens (including phenoxy) is 1. The minimum absolute atomic E-state index is 0.00863. The van der Waals surface area contributed by atoms with E-state index in [9.17, 15) is 9.59 Å². The zero-order valence-electron chi connectivity index (χ0n) is 14.4. The maximum absolute atomic E-state index is 13.6. The maximum Gasteiger partial charge on any atom is 0.316 e. The third-order valence-electron chi connectivity index (χ3n) is 6.05. The van der Waals surface area contributed by atoms with Gasteiger partial charge in [-0.25, -0.2) is 0 Å². The van der Waals surface area contributed by atoms with Gasteiger partial charge in [-0.1, -0.05) is 34.1 Å². The molecule has 0 saturated carbocycles. The molecule has 1 fully saturated rings. The first kappa shape index (κ1) is 16.0. The van der Waals surface area contributed by atoms with Gasteiger partial charge in [0.15, 0.2) is 0 Å². The molecule has 0 unspecified atom stereocenters. The van der Waals surface area contributed by atoms with E-state index < -0.39 is 5.54 Å². The molecule has 0 aliphatic carbocycles. The molecule has 1 saturated heterocycles. The van der Waals surface area contributed by atoms with Gasteiger partial charge >= 0.3 is 5.97 Å². The van der Waals surface area contributed by atoms with Crippen LogP contribution in [0, 0.1) is 5.92 Å². The van der Waals surface area contributed by atoms with E-state index in [0.717, 1.165) is 21.3 Å².